The molecule has 86 valence electrons. The Labute approximate surface area is 98.1 Å². The van der Waals surface area contributed by atoms with Crippen molar-refractivity contribution in [3.05, 3.63) is 23.2 Å². The highest BCUT2D eigenvalue weighted by molar-refractivity contribution is 8.14. The van der Waals surface area contributed by atoms with Gasteiger partial charge in [0, 0.05) is 21.4 Å². The molecule has 0 atom stereocenters. The van der Waals surface area contributed by atoms with E-state index in [1.807, 2.05) is 0 Å². The van der Waals surface area contributed by atoms with E-state index in [0.717, 1.165) is 17.4 Å². The predicted octanol–water partition coefficient (Wildman–Crippen LogP) is 3.16. The molecule has 0 spiro atoms. The van der Waals surface area contributed by atoms with Crippen LogP contribution in [0.15, 0.2) is 22.4 Å². The highest BCUT2D eigenvalue weighted by atomic mass is 35.7. The third kappa shape index (κ3) is 2.02. The number of halogens is 3. The van der Waals surface area contributed by atoms with Crippen molar-refractivity contribution in [1.82, 2.24) is 4.98 Å². The van der Waals surface area contributed by atoms with Gasteiger partial charge < -0.3 is 0 Å². The molecule has 2 aromatic rings. The monoisotopic (exact) mass is 283 g/mol. The third-order valence-corrected chi connectivity index (χ3v) is 4.31. The maximum atomic E-state index is 12.3. The highest BCUT2D eigenvalue weighted by Crippen LogP contribution is 2.31. The van der Waals surface area contributed by atoms with Gasteiger partial charge in [0.1, 0.15) is 15.4 Å². The van der Waals surface area contributed by atoms with Crippen LogP contribution in [0.1, 0.15) is 12.1 Å². The van der Waals surface area contributed by atoms with Crippen molar-refractivity contribution in [2.24, 2.45) is 0 Å². The minimum absolute atomic E-state index is 0.0949. The zero-order chi connectivity index (χ0) is 11.9. The Balaban J connectivity index is 2.69. The largest absolute Gasteiger partial charge is 0.280 e. The number of thiophene rings is 1. The maximum Gasteiger partial charge on any atom is 0.280 e. The fourth-order valence-corrected chi connectivity index (χ4v) is 3.70. The zero-order valence-corrected chi connectivity index (χ0v) is 9.91. The lowest BCUT2D eigenvalue weighted by Crippen LogP contribution is -1.91. The van der Waals surface area contributed by atoms with Gasteiger partial charge in [-0.15, -0.1) is 11.3 Å². The van der Waals surface area contributed by atoms with Crippen LogP contribution in [0.5, 0.6) is 0 Å². The number of hydrogen-bond donors (Lipinski definition) is 0. The summed E-state index contributed by atoms with van der Waals surface area (Å²) in [5.74, 6) is 0. The van der Waals surface area contributed by atoms with E-state index in [0.29, 0.717) is 0 Å². The Morgan fingerprint density at radius 2 is 2.06 bits per heavy atom. The fraction of sp³-hybridized carbons (Fsp3) is 0.125. The molecule has 0 saturated carbocycles. The normalized spacial score (nSPS) is 12.5. The van der Waals surface area contributed by atoms with Crippen LogP contribution in [-0.2, 0) is 9.05 Å². The van der Waals surface area contributed by atoms with Gasteiger partial charge in [-0.1, -0.05) is 0 Å². The first kappa shape index (κ1) is 11.7. The SMILES string of the molecule is O=S(=O)(Cl)c1csc2nc(C(F)F)ccc12. The van der Waals surface area contributed by atoms with E-state index in [4.69, 9.17) is 10.7 Å². The van der Waals surface area contributed by atoms with Crippen molar-refractivity contribution in [3.63, 3.8) is 0 Å². The van der Waals surface area contributed by atoms with Gasteiger partial charge in [-0.3, -0.25) is 0 Å². The Morgan fingerprint density at radius 1 is 1.38 bits per heavy atom. The van der Waals surface area contributed by atoms with Crippen LogP contribution in [0.4, 0.5) is 8.78 Å². The molecule has 2 aromatic heterocycles. The Kier molecular flexibility index (Phi) is 2.85. The standard InChI is InChI=1S/C8H4ClF2NO2S2/c9-16(13,14)6-3-15-8-4(6)1-2-5(12-8)7(10)11/h1-3,7H. The molecule has 0 unspecified atom stereocenters. The molecule has 0 aliphatic carbocycles. The van der Waals surface area contributed by atoms with Crippen molar-refractivity contribution in [2.75, 3.05) is 0 Å². The van der Waals surface area contributed by atoms with Gasteiger partial charge in [0.15, 0.2) is 0 Å². The van der Waals surface area contributed by atoms with Crippen LogP contribution in [-0.4, -0.2) is 13.4 Å². The lowest BCUT2D eigenvalue weighted by molar-refractivity contribution is 0.146. The molecule has 0 bridgehead atoms. The summed E-state index contributed by atoms with van der Waals surface area (Å²) in [6, 6.07) is 2.38. The van der Waals surface area contributed by atoms with Crippen molar-refractivity contribution in [2.45, 2.75) is 11.3 Å². The average molecular weight is 284 g/mol. The van der Waals surface area contributed by atoms with Crippen molar-refractivity contribution >= 4 is 41.3 Å². The van der Waals surface area contributed by atoms with Crippen LogP contribution in [0.25, 0.3) is 10.2 Å². The second kappa shape index (κ2) is 3.90. The molecule has 0 aliphatic heterocycles. The molecular weight excluding hydrogens is 280 g/mol. The lowest BCUT2D eigenvalue weighted by atomic mass is 10.3. The van der Waals surface area contributed by atoms with Crippen LogP contribution in [0, 0.1) is 0 Å². The second-order valence-corrected chi connectivity index (χ2v) is 6.32. The van der Waals surface area contributed by atoms with E-state index in [9.17, 15) is 17.2 Å². The Morgan fingerprint density at radius 3 is 2.62 bits per heavy atom. The third-order valence-electron chi connectivity index (χ3n) is 1.91. The molecule has 3 nitrogen and oxygen atoms in total. The van der Waals surface area contributed by atoms with Crippen LogP contribution >= 0.6 is 22.0 Å². The molecule has 2 heterocycles. The molecule has 0 radical (unpaired) electrons. The van der Waals surface area contributed by atoms with Gasteiger partial charge in [-0.2, -0.15) is 0 Å². The van der Waals surface area contributed by atoms with Gasteiger partial charge in [-0.25, -0.2) is 22.2 Å². The molecule has 0 amide bonds. The Hall–Kier alpha value is -0.790. The van der Waals surface area contributed by atoms with E-state index in [1.165, 1.54) is 11.4 Å². The molecule has 0 aromatic carbocycles. The van der Waals surface area contributed by atoms with Crippen molar-refractivity contribution < 1.29 is 17.2 Å². The van der Waals surface area contributed by atoms with E-state index in [2.05, 4.69) is 4.98 Å². The summed E-state index contributed by atoms with van der Waals surface area (Å²) in [6.45, 7) is 0. The first-order chi connectivity index (χ1) is 7.39. The average Bonchev–Trinajstić information content (AvgIpc) is 2.58. The smallest absolute Gasteiger partial charge is 0.236 e. The van der Waals surface area contributed by atoms with E-state index >= 15 is 0 Å². The summed E-state index contributed by atoms with van der Waals surface area (Å²) in [7, 11) is 1.32. The van der Waals surface area contributed by atoms with Crippen LogP contribution in [0.3, 0.4) is 0 Å². The number of pyridine rings is 1. The summed E-state index contributed by atoms with van der Waals surface area (Å²) in [5, 5.41) is 1.55. The van der Waals surface area contributed by atoms with Crippen LogP contribution in [0.2, 0.25) is 0 Å². The van der Waals surface area contributed by atoms with Gasteiger partial charge in [-0.05, 0) is 12.1 Å². The minimum Gasteiger partial charge on any atom is -0.236 e. The van der Waals surface area contributed by atoms with Crippen LogP contribution < -0.4 is 0 Å². The lowest BCUT2D eigenvalue weighted by Gasteiger charge is -1.98. The predicted molar refractivity (Wildman–Crippen MR) is 57.6 cm³/mol. The van der Waals surface area contributed by atoms with E-state index in [1.54, 1.807) is 0 Å². The summed E-state index contributed by atoms with van der Waals surface area (Å²) in [6.07, 6.45) is -2.68. The molecule has 0 aliphatic rings. The van der Waals surface area contributed by atoms with E-state index in [-0.39, 0.29) is 20.8 Å². The quantitative estimate of drug-likeness (QED) is 0.796. The van der Waals surface area contributed by atoms with Gasteiger partial charge in [0.25, 0.3) is 15.5 Å². The van der Waals surface area contributed by atoms with Crippen molar-refractivity contribution in [1.29, 1.82) is 0 Å². The summed E-state index contributed by atoms with van der Waals surface area (Å²) >= 11 is 0.964. The summed E-state index contributed by atoms with van der Waals surface area (Å²) in [4.78, 5) is 3.79. The molecule has 2 rings (SSSR count). The molecule has 8 heteroatoms. The molecular formula is C8H4ClF2NO2S2. The first-order valence-electron chi connectivity index (χ1n) is 4.00. The topological polar surface area (TPSA) is 47.0 Å². The minimum atomic E-state index is -3.86. The molecule has 0 saturated heterocycles. The van der Waals surface area contributed by atoms with Gasteiger partial charge in [0.05, 0.1) is 0 Å². The molecule has 0 N–H and O–H groups in total. The van der Waals surface area contributed by atoms with E-state index < -0.39 is 15.5 Å². The first-order valence-corrected chi connectivity index (χ1v) is 7.19. The number of alkyl halides is 2. The number of aromatic nitrogens is 1. The maximum absolute atomic E-state index is 12.3. The number of rotatable bonds is 2. The Bertz CT molecular complexity index is 639. The second-order valence-electron chi connectivity index (χ2n) is 2.93. The van der Waals surface area contributed by atoms with Gasteiger partial charge >= 0.3 is 0 Å². The zero-order valence-electron chi connectivity index (χ0n) is 7.52. The highest BCUT2D eigenvalue weighted by Gasteiger charge is 2.18. The summed E-state index contributed by atoms with van der Waals surface area (Å²) in [5.41, 5.74) is -0.382. The number of hydrogen-bond acceptors (Lipinski definition) is 4. The molecule has 0 fully saturated rings. The van der Waals surface area contributed by atoms with Crippen molar-refractivity contribution in [3.8, 4) is 0 Å². The number of nitrogens with zero attached hydrogens (tertiary/aromatic N) is 1. The number of fused-ring (bicyclic) bond motifs is 1. The van der Waals surface area contributed by atoms with Gasteiger partial charge in [0.2, 0.25) is 0 Å². The fourth-order valence-electron chi connectivity index (χ4n) is 1.22. The molecule has 16 heavy (non-hydrogen) atoms. The summed E-state index contributed by atoms with van der Waals surface area (Å²) < 4.78 is 46.9.